The van der Waals surface area contributed by atoms with Crippen molar-refractivity contribution in [1.82, 2.24) is 0 Å². The molecule has 0 atom stereocenters. The first kappa shape index (κ1) is 15.2. The number of fused-ring (bicyclic) bond motifs is 1. The molecule has 0 radical (unpaired) electrons. The molecule has 22 heavy (non-hydrogen) atoms. The summed E-state index contributed by atoms with van der Waals surface area (Å²) in [5.41, 5.74) is 4.55. The topological polar surface area (TPSA) is 18.5 Å². The summed E-state index contributed by atoms with van der Waals surface area (Å²) in [6.07, 6.45) is 0.880. The molecular weight excluding hydrogens is 296 g/mol. The van der Waals surface area contributed by atoms with E-state index in [4.69, 9.17) is 21.1 Å². The fraction of sp³-hybridized carbons (Fsp3) is 0.368. The van der Waals surface area contributed by atoms with Crippen LogP contribution in [0.1, 0.15) is 36.1 Å². The second-order valence-electron chi connectivity index (χ2n) is 6.57. The minimum absolute atomic E-state index is 0.180. The Kier molecular flexibility index (Phi) is 3.82. The third kappa shape index (κ3) is 2.93. The fourth-order valence-corrected chi connectivity index (χ4v) is 3.11. The van der Waals surface area contributed by atoms with Gasteiger partial charge in [-0.25, -0.2) is 0 Å². The van der Waals surface area contributed by atoms with Gasteiger partial charge in [-0.3, -0.25) is 0 Å². The smallest absolute Gasteiger partial charge is 0.125 e. The van der Waals surface area contributed by atoms with Gasteiger partial charge in [0.15, 0.2) is 0 Å². The van der Waals surface area contributed by atoms with Crippen LogP contribution >= 0.6 is 11.6 Å². The minimum atomic E-state index is -0.180. The van der Waals surface area contributed by atoms with Crippen LogP contribution < -0.4 is 9.47 Å². The van der Waals surface area contributed by atoms with Gasteiger partial charge in [0.1, 0.15) is 23.7 Å². The van der Waals surface area contributed by atoms with E-state index in [0.717, 1.165) is 23.5 Å². The monoisotopic (exact) mass is 316 g/mol. The van der Waals surface area contributed by atoms with E-state index in [1.165, 1.54) is 16.7 Å². The lowest BCUT2D eigenvalue weighted by Crippen LogP contribution is -2.24. The third-order valence-electron chi connectivity index (χ3n) is 4.19. The maximum atomic E-state index is 6.22. The van der Waals surface area contributed by atoms with Crippen LogP contribution in [0.2, 0.25) is 5.02 Å². The number of aryl methyl sites for hydroxylation is 1. The molecule has 116 valence electrons. The largest absolute Gasteiger partial charge is 0.489 e. The van der Waals surface area contributed by atoms with E-state index >= 15 is 0 Å². The van der Waals surface area contributed by atoms with Gasteiger partial charge in [-0.1, -0.05) is 23.7 Å². The second-order valence-corrected chi connectivity index (χ2v) is 7.00. The Morgan fingerprint density at radius 3 is 2.77 bits per heavy atom. The second kappa shape index (κ2) is 5.51. The zero-order chi connectivity index (χ0) is 15.9. The molecule has 0 fully saturated rings. The van der Waals surface area contributed by atoms with Gasteiger partial charge in [0.2, 0.25) is 0 Å². The van der Waals surface area contributed by atoms with Gasteiger partial charge in [-0.15, -0.1) is 0 Å². The highest BCUT2D eigenvalue weighted by Crippen LogP contribution is 2.39. The summed E-state index contributed by atoms with van der Waals surface area (Å²) in [5.74, 6) is 1.81. The Morgan fingerprint density at radius 2 is 2.00 bits per heavy atom. The molecule has 0 aliphatic carbocycles. The van der Waals surface area contributed by atoms with Crippen molar-refractivity contribution in [2.24, 2.45) is 0 Å². The highest BCUT2D eigenvalue weighted by Gasteiger charge is 2.32. The van der Waals surface area contributed by atoms with Crippen LogP contribution in [0.5, 0.6) is 11.5 Å². The quantitative estimate of drug-likeness (QED) is 0.770. The molecule has 0 saturated heterocycles. The summed E-state index contributed by atoms with van der Waals surface area (Å²) in [4.78, 5) is 0. The molecule has 3 heteroatoms. The van der Waals surface area contributed by atoms with Crippen molar-refractivity contribution in [3.05, 3.63) is 57.6 Å². The summed E-state index contributed by atoms with van der Waals surface area (Å²) >= 11 is 6.22. The van der Waals surface area contributed by atoms with Gasteiger partial charge in [0.25, 0.3) is 0 Å². The van der Waals surface area contributed by atoms with E-state index in [1.54, 1.807) is 0 Å². The van der Waals surface area contributed by atoms with Crippen LogP contribution in [0.4, 0.5) is 0 Å². The molecular formula is C19H21ClO2. The van der Waals surface area contributed by atoms with Crippen molar-refractivity contribution in [3.8, 4) is 11.5 Å². The average Bonchev–Trinajstić information content (AvgIpc) is 2.74. The molecule has 1 heterocycles. The normalized spacial score (nSPS) is 15.3. The van der Waals surface area contributed by atoms with Crippen LogP contribution in [-0.4, -0.2) is 5.60 Å². The molecule has 2 aromatic carbocycles. The number of hydrogen-bond acceptors (Lipinski definition) is 2. The van der Waals surface area contributed by atoms with E-state index < -0.39 is 0 Å². The van der Waals surface area contributed by atoms with Crippen LogP contribution in [0.25, 0.3) is 0 Å². The van der Waals surface area contributed by atoms with Crippen molar-refractivity contribution >= 4 is 11.6 Å². The summed E-state index contributed by atoms with van der Waals surface area (Å²) in [7, 11) is 0. The van der Waals surface area contributed by atoms with Gasteiger partial charge in [0.05, 0.1) is 0 Å². The number of ether oxygens (including phenoxy) is 2. The van der Waals surface area contributed by atoms with Crippen molar-refractivity contribution in [2.75, 3.05) is 0 Å². The highest BCUT2D eigenvalue weighted by molar-refractivity contribution is 6.30. The number of benzene rings is 2. The van der Waals surface area contributed by atoms with Crippen molar-refractivity contribution in [3.63, 3.8) is 0 Å². The van der Waals surface area contributed by atoms with Gasteiger partial charge in [-0.2, -0.15) is 0 Å². The maximum Gasteiger partial charge on any atom is 0.125 e. The van der Waals surface area contributed by atoms with Crippen molar-refractivity contribution in [2.45, 2.75) is 46.3 Å². The van der Waals surface area contributed by atoms with Gasteiger partial charge < -0.3 is 9.47 Å². The molecule has 0 amide bonds. The summed E-state index contributed by atoms with van der Waals surface area (Å²) < 4.78 is 12.0. The standard InChI is InChI=1S/C19H21ClO2/c1-12-6-5-7-17(13(12)2)21-11-14-8-15(20)9-18-16(14)10-19(3,4)22-18/h5-9H,10-11H2,1-4H3. The minimum Gasteiger partial charge on any atom is -0.489 e. The van der Waals surface area contributed by atoms with Gasteiger partial charge in [0, 0.05) is 17.0 Å². The van der Waals surface area contributed by atoms with Crippen molar-refractivity contribution in [1.29, 1.82) is 0 Å². The van der Waals surface area contributed by atoms with Crippen molar-refractivity contribution < 1.29 is 9.47 Å². The van der Waals surface area contributed by atoms with E-state index in [1.807, 2.05) is 24.3 Å². The Balaban J connectivity index is 1.87. The average molecular weight is 317 g/mol. The Hall–Kier alpha value is -1.67. The van der Waals surface area contributed by atoms with Crippen LogP contribution in [0, 0.1) is 13.8 Å². The lowest BCUT2D eigenvalue weighted by molar-refractivity contribution is 0.138. The SMILES string of the molecule is Cc1cccc(OCc2cc(Cl)cc3c2CC(C)(C)O3)c1C. The lowest BCUT2D eigenvalue weighted by atomic mass is 9.98. The summed E-state index contributed by atoms with van der Waals surface area (Å²) in [6, 6.07) is 10.00. The molecule has 0 bridgehead atoms. The molecule has 0 unspecified atom stereocenters. The molecule has 2 aromatic rings. The zero-order valence-electron chi connectivity index (χ0n) is 13.5. The van der Waals surface area contributed by atoms with Crippen LogP contribution in [0.15, 0.2) is 30.3 Å². The molecule has 0 saturated carbocycles. The molecule has 2 nitrogen and oxygen atoms in total. The molecule has 3 rings (SSSR count). The molecule has 1 aliphatic rings. The molecule has 0 N–H and O–H groups in total. The highest BCUT2D eigenvalue weighted by atomic mass is 35.5. The van der Waals surface area contributed by atoms with E-state index in [-0.39, 0.29) is 5.60 Å². The predicted octanol–water partition coefficient (Wildman–Crippen LogP) is 5.25. The molecule has 0 spiro atoms. The van der Waals surface area contributed by atoms with Crippen LogP contribution in [-0.2, 0) is 13.0 Å². The van der Waals surface area contributed by atoms with Crippen LogP contribution in [0.3, 0.4) is 0 Å². The first-order chi connectivity index (χ1) is 10.4. The molecule has 0 aromatic heterocycles. The maximum absolute atomic E-state index is 6.22. The lowest BCUT2D eigenvalue weighted by Gasteiger charge is -2.16. The van der Waals surface area contributed by atoms with Gasteiger partial charge in [-0.05, 0) is 62.6 Å². The fourth-order valence-electron chi connectivity index (χ4n) is 2.88. The Labute approximate surface area is 137 Å². The number of rotatable bonds is 3. The van der Waals surface area contributed by atoms with Gasteiger partial charge >= 0.3 is 0 Å². The van der Waals surface area contributed by atoms with E-state index in [9.17, 15) is 0 Å². The summed E-state index contributed by atoms with van der Waals surface area (Å²) in [6.45, 7) is 8.87. The Morgan fingerprint density at radius 1 is 1.23 bits per heavy atom. The van der Waals surface area contributed by atoms with E-state index in [0.29, 0.717) is 11.6 Å². The number of halogens is 1. The Bertz CT molecular complexity index is 720. The molecule has 1 aliphatic heterocycles. The van der Waals surface area contributed by atoms with E-state index in [2.05, 4.69) is 33.8 Å². The first-order valence-corrected chi connectivity index (χ1v) is 7.93. The number of hydrogen-bond donors (Lipinski definition) is 0. The summed E-state index contributed by atoms with van der Waals surface area (Å²) in [5, 5.41) is 0.691. The third-order valence-corrected chi connectivity index (χ3v) is 4.41. The zero-order valence-corrected chi connectivity index (χ0v) is 14.3. The first-order valence-electron chi connectivity index (χ1n) is 7.55. The predicted molar refractivity (Wildman–Crippen MR) is 90.1 cm³/mol.